The molecule has 148 valence electrons. The second kappa shape index (κ2) is 6.88. The first-order valence-corrected chi connectivity index (χ1v) is 8.87. The second-order valence-electron chi connectivity index (χ2n) is 6.93. The van der Waals surface area contributed by atoms with E-state index in [-0.39, 0.29) is 5.92 Å². The molecule has 0 radical (unpaired) electrons. The molecule has 1 fully saturated rings. The molecule has 0 saturated carbocycles. The SMILES string of the molecule is CN(C)c1ccc2nnc(C3CCN(c4cc(C(F)(F)F)ncn4)CC3)n2n1. The predicted molar refractivity (Wildman–Crippen MR) is 96.3 cm³/mol. The van der Waals surface area contributed by atoms with Crippen molar-refractivity contribution in [3.05, 3.63) is 36.0 Å². The van der Waals surface area contributed by atoms with Crippen molar-refractivity contribution in [1.82, 2.24) is 29.8 Å². The molecule has 0 bridgehead atoms. The van der Waals surface area contributed by atoms with Gasteiger partial charge in [0, 0.05) is 39.2 Å². The monoisotopic (exact) mass is 392 g/mol. The molecule has 0 atom stereocenters. The number of hydrogen-bond donors (Lipinski definition) is 0. The lowest BCUT2D eigenvalue weighted by molar-refractivity contribution is -0.141. The number of rotatable bonds is 3. The quantitative estimate of drug-likeness (QED) is 0.677. The van der Waals surface area contributed by atoms with Gasteiger partial charge in [-0.3, -0.25) is 0 Å². The summed E-state index contributed by atoms with van der Waals surface area (Å²) in [5.74, 6) is 1.99. The van der Waals surface area contributed by atoms with Crippen LogP contribution in [-0.4, -0.2) is 57.0 Å². The van der Waals surface area contributed by atoms with Crippen LogP contribution in [0.2, 0.25) is 0 Å². The summed E-state index contributed by atoms with van der Waals surface area (Å²) in [5.41, 5.74) is -0.253. The van der Waals surface area contributed by atoms with Crippen LogP contribution in [0, 0.1) is 0 Å². The van der Waals surface area contributed by atoms with E-state index in [2.05, 4.69) is 25.3 Å². The molecule has 0 unspecified atom stereocenters. The summed E-state index contributed by atoms with van der Waals surface area (Å²) in [7, 11) is 3.82. The van der Waals surface area contributed by atoms with Crippen molar-refractivity contribution in [3.63, 3.8) is 0 Å². The lowest BCUT2D eigenvalue weighted by Crippen LogP contribution is -2.34. The molecule has 0 amide bonds. The van der Waals surface area contributed by atoms with Crippen molar-refractivity contribution in [2.45, 2.75) is 24.9 Å². The average Bonchev–Trinajstić information content (AvgIpc) is 3.11. The van der Waals surface area contributed by atoms with Gasteiger partial charge in [-0.1, -0.05) is 0 Å². The van der Waals surface area contributed by atoms with Gasteiger partial charge in [0.15, 0.2) is 11.5 Å². The highest BCUT2D eigenvalue weighted by molar-refractivity contribution is 5.45. The Kier molecular flexibility index (Phi) is 4.52. The molecule has 1 saturated heterocycles. The lowest BCUT2D eigenvalue weighted by Gasteiger charge is -2.32. The van der Waals surface area contributed by atoms with Gasteiger partial charge in [-0.2, -0.15) is 17.7 Å². The summed E-state index contributed by atoms with van der Waals surface area (Å²) in [6.07, 6.45) is -2.07. The minimum atomic E-state index is -4.48. The summed E-state index contributed by atoms with van der Waals surface area (Å²) in [6, 6.07) is 4.75. The Bertz CT molecular complexity index is 976. The van der Waals surface area contributed by atoms with Crippen molar-refractivity contribution < 1.29 is 13.2 Å². The molecule has 1 aliphatic rings. The molecular weight excluding hydrogens is 373 g/mol. The number of hydrogen-bond acceptors (Lipinski definition) is 7. The van der Waals surface area contributed by atoms with Crippen LogP contribution < -0.4 is 9.80 Å². The standard InChI is InChI=1S/C17H19F3N8/c1-26(2)14-4-3-13-23-24-16(28(13)25-14)11-5-7-27(8-6-11)15-9-12(17(18,19)20)21-10-22-15/h3-4,9-11H,5-8H2,1-2H3. The minimum Gasteiger partial charge on any atom is -0.361 e. The third-order valence-corrected chi connectivity index (χ3v) is 4.86. The van der Waals surface area contributed by atoms with E-state index >= 15 is 0 Å². The Morgan fingerprint density at radius 3 is 2.50 bits per heavy atom. The van der Waals surface area contributed by atoms with Crippen LogP contribution in [0.1, 0.15) is 30.3 Å². The molecule has 4 rings (SSSR count). The topological polar surface area (TPSA) is 75.3 Å². The van der Waals surface area contributed by atoms with Crippen molar-refractivity contribution >= 4 is 17.3 Å². The molecule has 8 nitrogen and oxygen atoms in total. The zero-order chi connectivity index (χ0) is 19.9. The molecule has 4 heterocycles. The third kappa shape index (κ3) is 3.43. The number of alkyl halides is 3. The van der Waals surface area contributed by atoms with Crippen LogP contribution in [0.15, 0.2) is 24.5 Å². The van der Waals surface area contributed by atoms with Gasteiger partial charge in [0.1, 0.15) is 23.7 Å². The van der Waals surface area contributed by atoms with Crippen molar-refractivity contribution in [2.75, 3.05) is 37.0 Å². The van der Waals surface area contributed by atoms with Crippen molar-refractivity contribution in [3.8, 4) is 0 Å². The summed E-state index contributed by atoms with van der Waals surface area (Å²) in [4.78, 5) is 11.1. The minimum absolute atomic E-state index is 0.125. The number of fused-ring (bicyclic) bond motifs is 1. The van der Waals surface area contributed by atoms with Gasteiger partial charge in [0.25, 0.3) is 0 Å². The van der Waals surface area contributed by atoms with E-state index in [1.165, 1.54) is 0 Å². The maximum Gasteiger partial charge on any atom is 0.433 e. The number of nitrogens with zero attached hydrogens (tertiary/aromatic N) is 8. The van der Waals surface area contributed by atoms with Gasteiger partial charge in [0.2, 0.25) is 0 Å². The third-order valence-electron chi connectivity index (χ3n) is 4.86. The molecule has 11 heteroatoms. The van der Waals surface area contributed by atoms with Gasteiger partial charge in [-0.15, -0.1) is 15.3 Å². The second-order valence-corrected chi connectivity index (χ2v) is 6.93. The van der Waals surface area contributed by atoms with Crippen LogP contribution in [0.3, 0.4) is 0 Å². The lowest BCUT2D eigenvalue weighted by atomic mass is 9.96. The van der Waals surface area contributed by atoms with E-state index in [1.54, 1.807) is 4.52 Å². The molecule has 1 aliphatic heterocycles. The first-order valence-electron chi connectivity index (χ1n) is 8.87. The zero-order valence-electron chi connectivity index (χ0n) is 15.4. The van der Waals surface area contributed by atoms with Crippen LogP contribution in [-0.2, 0) is 6.18 Å². The summed E-state index contributed by atoms with van der Waals surface area (Å²) in [5, 5.41) is 13.1. The van der Waals surface area contributed by atoms with E-state index in [0.29, 0.717) is 24.6 Å². The van der Waals surface area contributed by atoms with Crippen LogP contribution in [0.5, 0.6) is 0 Å². The number of piperidine rings is 1. The number of anilines is 2. The zero-order valence-corrected chi connectivity index (χ0v) is 15.4. The molecular formula is C17H19F3N8. The van der Waals surface area contributed by atoms with Gasteiger partial charge < -0.3 is 9.80 Å². The Morgan fingerprint density at radius 2 is 1.82 bits per heavy atom. The van der Waals surface area contributed by atoms with Gasteiger partial charge in [-0.25, -0.2) is 9.97 Å². The van der Waals surface area contributed by atoms with E-state index < -0.39 is 11.9 Å². The van der Waals surface area contributed by atoms with E-state index in [0.717, 1.165) is 36.9 Å². The van der Waals surface area contributed by atoms with E-state index in [1.807, 2.05) is 36.0 Å². The largest absolute Gasteiger partial charge is 0.433 e. The molecule has 0 N–H and O–H groups in total. The van der Waals surface area contributed by atoms with Gasteiger partial charge in [-0.05, 0) is 25.0 Å². The fraction of sp³-hybridized carbons (Fsp3) is 0.471. The Morgan fingerprint density at radius 1 is 1.07 bits per heavy atom. The van der Waals surface area contributed by atoms with Crippen molar-refractivity contribution in [1.29, 1.82) is 0 Å². The van der Waals surface area contributed by atoms with Crippen molar-refractivity contribution in [2.24, 2.45) is 0 Å². The van der Waals surface area contributed by atoms with E-state index in [9.17, 15) is 13.2 Å². The first-order chi connectivity index (χ1) is 13.3. The maximum absolute atomic E-state index is 12.9. The average molecular weight is 392 g/mol. The highest BCUT2D eigenvalue weighted by atomic mass is 19.4. The molecule has 3 aromatic rings. The van der Waals surface area contributed by atoms with Gasteiger partial charge >= 0.3 is 6.18 Å². The molecule has 3 aromatic heterocycles. The highest BCUT2D eigenvalue weighted by Crippen LogP contribution is 2.32. The maximum atomic E-state index is 12.9. The van der Waals surface area contributed by atoms with E-state index in [4.69, 9.17) is 0 Å². The normalized spacial score (nSPS) is 16.0. The molecule has 0 spiro atoms. The fourth-order valence-corrected chi connectivity index (χ4v) is 3.33. The van der Waals surface area contributed by atoms with Gasteiger partial charge in [0.05, 0.1) is 0 Å². The summed E-state index contributed by atoms with van der Waals surface area (Å²) in [6.45, 7) is 1.14. The predicted octanol–water partition coefficient (Wildman–Crippen LogP) is 2.38. The Balaban J connectivity index is 1.52. The number of halogens is 3. The summed E-state index contributed by atoms with van der Waals surface area (Å²) < 4.78 is 40.4. The smallest absolute Gasteiger partial charge is 0.361 e. The summed E-state index contributed by atoms with van der Waals surface area (Å²) >= 11 is 0. The first kappa shape index (κ1) is 18.4. The fourth-order valence-electron chi connectivity index (χ4n) is 3.33. The van der Waals surface area contributed by atoms with Crippen LogP contribution in [0.25, 0.3) is 5.65 Å². The molecule has 28 heavy (non-hydrogen) atoms. The van der Waals surface area contributed by atoms with Crippen LogP contribution in [0.4, 0.5) is 24.8 Å². The Hall–Kier alpha value is -2.98. The number of aromatic nitrogens is 6. The van der Waals surface area contributed by atoms with Crippen LogP contribution >= 0.6 is 0 Å². The molecule has 0 aliphatic carbocycles. The molecule has 0 aromatic carbocycles. The highest BCUT2D eigenvalue weighted by Gasteiger charge is 2.34. The Labute approximate surface area is 159 Å².